The van der Waals surface area contributed by atoms with Crippen molar-refractivity contribution in [2.24, 2.45) is 0 Å². The molecule has 1 aromatic rings. The second-order valence-electron chi connectivity index (χ2n) is 2.86. The van der Waals surface area contributed by atoms with E-state index >= 15 is 0 Å². The summed E-state index contributed by atoms with van der Waals surface area (Å²) in [5.74, 6) is 0. The summed E-state index contributed by atoms with van der Waals surface area (Å²) in [4.78, 5) is 3.78. The van der Waals surface area contributed by atoms with Gasteiger partial charge in [0.25, 0.3) is 0 Å². The molecular weight excluding hydrogens is 165 g/mol. The SMILES string of the molecule is CC(C)(F)c1cncc(Cl)c1. The molecule has 1 aromatic heterocycles. The van der Waals surface area contributed by atoms with E-state index in [-0.39, 0.29) is 0 Å². The molecule has 0 aliphatic heterocycles. The highest BCUT2D eigenvalue weighted by molar-refractivity contribution is 6.30. The van der Waals surface area contributed by atoms with Crippen molar-refractivity contribution in [3.05, 3.63) is 29.0 Å². The Morgan fingerprint density at radius 1 is 1.45 bits per heavy atom. The highest BCUT2D eigenvalue weighted by Crippen LogP contribution is 2.25. The van der Waals surface area contributed by atoms with Gasteiger partial charge in [-0.25, -0.2) is 4.39 Å². The fourth-order valence-corrected chi connectivity index (χ4v) is 0.911. The minimum atomic E-state index is -1.36. The Bertz CT molecular complexity index is 255. The van der Waals surface area contributed by atoms with Crippen molar-refractivity contribution in [3.8, 4) is 0 Å². The maximum Gasteiger partial charge on any atom is 0.132 e. The van der Waals surface area contributed by atoms with Crippen LogP contribution in [0.25, 0.3) is 0 Å². The third-order valence-corrected chi connectivity index (χ3v) is 1.60. The summed E-state index contributed by atoms with van der Waals surface area (Å²) in [5, 5.41) is 0.466. The predicted molar refractivity (Wildman–Crippen MR) is 43.4 cm³/mol. The van der Waals surface area contributed by atoms with Gasteiger partial charge in [-0.3, -0.25) is 4.98 Å². The average Bonchev–Trinajstić information content (AvgIpc) is 1.86. The van der Waals surface area contributed by atoms with Crippen molar-refractivity contribution in [1.29, 1.82) is 0 Å². The van der Waals surface area contributed by atoms with E-state index in [1.54, 1.807) is 6.07 Å². The molecular formula is C8H9ClFN. The Balaban J connectivity index is 3.06. The number of hydrogen-bond donors (Lipinski definition) is 0. The molecule has 0 aliphatic rings. The van der Waals surface area contributed by atoms with Gasteiger partial charge in [-0.15, -0.1) is 0 Å². The molecule has 1 rings (SSSR count). The third kappa shape index (κ3) is 2.15. The Hall–Kier alpha value is -0.630. The summed E-state index contributed by atoms with van der Waals surface area (Å²) in [7, 11) is 0. The van der Waals surface area contributed by atoms with E-state index in [9.17, 15) is 4.39 Å². The van der Waals surface area contributed by atoms with Gasteiger partial charge in [0.1, 0.15) is 5.67 Å². The third-order valence-electron chi connectivity index (χ3n) is 1.39. The highest BCUT2D eigenvalue weighted by Gasteiger charge is 2.18. The number of halogens is 2. The van der Waals surface area contributed by atoms with Gasteiger partial charge in [-0.2, -0.15) is 0 Å². The molecule has 0 unspecified atom stereocenters. The van der Waals surface area contributed by atoms with Crippen LogP contribution in [0.1, 0.15) is 19.4 Å². The molecule has 0 bridgehead atoms. The van der Waals surface area contributed by atoms with Gasteiger partial charge < -0.3 is 0 Å². The molecule has 0 N–H and O–H groups in total. The predicted octanol–water partition coefficient (Wildman–Crippen LogP) is 2.94. The van der Waals surface area contributed by atoms with Gasteiger partial charge in [0, 0.05) is 18.0 Å². The summed E-state index contributed by atoms with van der Waals surface area (Å²) >= 11 is 5.62. The average molecular weight is 174 g/mol. The van der Waals surface area contributed by atoms with E-state index in [0.29, 0.717) is 10.6 Å². The van der Waals surface area contributed by atoms with Crippen LogP contribution in [0.5, 0.6) is 0 Å². The maximum atomic E-state index is 13.2. The van der Waals surface area contributed by atoms with Crippen LogP contribution in [-0.4, -0.2) is 4.98 Å². The lowest BCUT2D eigenvalue weighted by atomic mass is 10.0. The van der Waals surface area contributed by atoms with Gasteiger partial charge >= 0.3 is 0 Å². The number of rotatable bonds is 1. The number of hydrogen-bond acceptors (Lipinski definition) is 1. The Kier molecular flexibility index (Phi) is 2.14. The molecule has 1 heterocycles. The van der Waals surface area contributed by atoms with Crippen LogP contribution in [0.4, 0.5) is 4.39 Å². The fraction of sp³-hybridized carbons (Fsp3) is 0.375. The van der Waals surface area contributed by atoms with Gasteiger partial charge in [0.05, 0.1) is 5.02 Å². The fourth-order valence-electron chi connectivity index (χ4n) is 0.737. The van der Waals surface area contributed by atoms with Crippen LogP contribution in [0.15, 0.2) is 18.5 Å². The molecule has 0 atom stereocenters. The lowest BCUT2D eigenvalue weighted by molar-refractivity contribution is 0.221. The molecule has 0 aliphatic carbocycles. The van der Waals surface area contributed by atoms with Crippen molar-refractivity contribution in [1.82, 2.24) is 4.98 Å². The zero-order valence-corrected chi connectivity index (χ0v) is 7.19. The minimum Gasteiger partial charge on any atom is -0.263 e. The monoisotopic (exact) mass is 173 g/mol. The van der Waals surface area contributed by atoms with Crippen molar-refractivity contribution < 1.29 is 4.39 Å². The van der Waals surface area contributed by atoms with Crippen LogP contribution in [0.2, 0.25) is 5.02 Å². The van der Waals surface area contributed by atoms with Crippen molar-refractivity contribution in [2.75, 3.05) is 0 Å². The van der Waals surface area contributed by atoms with E-state index in [1.165, 1.54) is 26.2 Å². The zero-order valence-electron chi connectivity index (χ0n) is 6.44. The quantitative estimate of drug-likeness (QED) is 0.637. The van der Waals surface area contributed by atoms with E-state index in [0.717, 1.165) is 0 Å². The van der Waals surface area contributed by atoms with Crippen LogP contribution >= 0.6 is 11.6 Å². The molecule has 0 saturated carbocycles. The first-order chi connectivity index (χ1) is 5.00. The van der Waals surface area contributed by atoms with Gasteiger partial charge in [-0.05, 0) is 19.9 Å². The second kappa shape index (κ2) is 2.78. The summed E-state index contributed by atoms with van der Waals surface area (Å²) in [6.45, 7) is 2.95. The Labute approximate surface area is 70.2 Å². The van der Waals surface area contributed by atoms with Crippen LogP contribution in [-0.2, 0) is 5.67 Å². The standard InChI is InChI=1S/C8H9ClFN/c1-8(2,10)6-3-7(9)5-11-4-6/h3-5H,1-2H3. The first-order valence-corrected chi connectivity index (χ1v) is 3.68. The van der Waals surface area contributed by atoms with Crippen molar-refractivity contribution in [3.63, 3.8) is 0 Å². The van der Waals surface area contributed by atoms with E-state index in [2.05, 4.69) is 4.98 Å². The van der Waals surface area contributed by atoms with Gasteiger partial charge in [0.15, 0.2) is 0 Å². The molecule has 0 amide bonds. The molecule has 11 heavy (non-hydrogen) atoms. The van der Waals surface area contributed by atoms with Crippen LogP contribution < -0.4 is 0 Å². The van der Waals surface area contributed by atoms with Crippen LogP contribution in [0.3, 0.4) is 0 Å². The first kappa shape index (κ1) is 8.47. The number of alkyl halides is 1. The topological polar surface area (TPSA) is 12.9 Å². The summed E-state index contributed by atoms with van der Waals surface area (Å²) in [6.07, 6.45) is 2.96. The molecule has 0 radical (unpaired) electrons. The van der Waals surface area contributed by atoms with Crippen molar-refractivity contribution >= 4 is 11.6 Å². The van der Waals surface area contributed by atoms with Crippen LogP contribution in [0, 0.1) is 0 Å². The highest BCUT2D eigenvalue weighted by atomic mass is 35.5. The number of pyridine rings is 1. The molecule has 1 nitrogen and oxygen atoms in total. The van der Waals surface area contributed by atoms with Gasteiger partial charge in [0.2, 0.25) is 0 Å². The largest absolute Gasteiger partial charge is 0.263 e. The summed E-state index contributed by atoms with van der Waals surface area (Å²) in [6, 6.07) is 1.58. The smallest absolute Gasteiger partial charge is 0.132 e. The Morgan fingerprint density at radius 2 is 2.09 bits per heavy atom. The summed E-state index contributed by atoms with van der Waals surface area (Å²) in [5.41, 5.74) is -0.859. The number of nitrogens with zero attached hydrogens (tertiary/aromatic N) is 1. The van der Waals surface area contributed by atoms with Crippen molar-refractivity contribution in [2.45, 2.75) is 19.5 Å². The molecule has 0 saturated heterocycles. The normalized spacial score (nSPS) is 11.6. The Morgan fingerprint density at radius 3 is 2.45 bits per heavy atom. The van der Waals surface area contributed by atoms with E-state index in [1.807, 2.05) is 0 Å². The molecule has 60 valence electrons. The second-order valence-corrected chi connectivity index (χ2v) is 3.30. The summed E-state index contributed by atoms with van der Waals surface area (Å²) < 4.78 is 13.2. The number of aromatic nitrogens is 1. The van der Waals surface area contributed by atoms with E-state index < -0.39 is 5.67 Å². The minimum absolute atomic E-state index is 0.466. The first-order valence-electron chi connectivity index (χ1n) is 3.30. The molecule has 0 fully saturated rings. The molecule has 3 heteroatoms. The zero-order chi connectivity index (χ0) is 8.48. The lowest BCUT2D eigenvalue weighted by Crippen LogP contribution is -2.08. The molecule has 0 aromatic carbocycles. The molecule has 0 spiro atoms. The maximum absolute atomic E-state index is 13.2. The van der Waals surface area contributed by atoms with E-state index in [4.69, 9.17) is 11.6 Å². The lowest BCUT2D eigenvalue weighted by Gasteiger charge is -2.13. The van der Waals surface area contributed by atoms with Gasteiger partial charge in [-0.1, -0.05) is 11.6 Å².